The zero-order valence-corrected chi connectivity index (χ0v) is 16.8. The Morgan fingerprint density at radius 2 is 1.84 bits per heavy atom. The molecule has 0 aliphatic rings. The number of halogens is 3. The SMILES string of the molecule is COC(=O)c1ccc(Nc2cc(-c3cccc(OC(F)(F)F)c3)nc(NCCO)n2)cc1. The Labute approximate surface area is 181 Å². The number of alkyl halides is 3. The number of rotatable bonds is 8. The van der Waals surface area contributed by atoms with E-state index >= 15 is 0 Å². The highest BCUT2D eigenvalue weighted by atomic mass is 19.4. The number of carbonyl (C=O) groups is 1. The van der Waals surface area contributed by atoms with E-state index < -0.39 is 12.3 Å². The second-order valence-corrected chi connectivity index (χ2v) is 6.38. The maximum atomic E-state index is 12.6. The molecule has 0 saturated heterocycles. The highest BCUT2D eigenvalue weighted by Gasteiger charge is 2.31. The van der Waals surface area contributed by atoms with E-state index in [1.165, 1.54) is 25.3 Å². The summed E-state index contributed by atoms with van der Waals surface area (Å²) in [6.45, 7) is 0.00813. The number of nitrogens with one attached hydrogen (secondary N) is 2. The Morgan fingerprint density at radius 3 is 2.50 bits per heavy atom. The standard InChI is InChI=1S/C21H19F3N4O4/c1-31-19(30)13-5-7-15(8-6-13)26-18-12-17(27-20(28-18)25-9-10-29)14-3-2-4-16(11-14)32-21(22,23)24/h2-8,11-12,29H,9-10H2,1H3,(H2,25,26,27,28). The predicted octanol–water partition coefficient (Wildman–Crippen LogP) is 3.98. The molecule has 0 aliphatic carbocycles. The number of methoxy groups -OCH3 is 1. The van der Waals surface area contributed by atoms with E-state index in [2.05, 4.69) is 30.1 Å². The van der Waals surface area contributed by atoms with Crippen molar-refractivity contribution in [2.75, 3.05) is 30.9 Å². The minimum Gasteiger partial charge on any atom is -0.465 e. The number of aliphatic hydroxyl groups is 1. The molecule has 3 N–H and O–H groups in total. The van der Waals surface area contributed by atoms with Crippen molar-refractivity contribution in [2.24, 2.45) is 0 Å². The molecule has 0 unspecified atom stereocenters. The van der Waals surface area contributed by atoms with Gasteiger partial charge in [-0.25, -0.2) is 9.78 Å². The van der Waals surface area contributed by atoms with Gasteiger partial charge in [-0.15, -0.1) is 13.2 Å². The van der Waals surface area contributed by atoms with Gasteiger partial charge in [0.15, 0.2) is 0 Å². The van der Waals surface area contributed by atoms with Crippen molar-refractivity contribution < 1.29 is 32.5 Å². The molecular formula is C21H19F3N4O4. The number of aliphatic hydroxyl groups excluding tert-OH is 1. The lowest BCUT2D eigenvalue weighted by atomic mass is 10.1. The van der Waals surface area contributed by atoms with Gasteiger partial charge in [0.25, 0.3) is 0 Å². The van der Waals surface area contributed by atoms with Crippen molar-refractivity contribution >= 4 is 23.4 Å². The van der Waals surface area contributed by atoms with E-state index in [0.29, 0.717) is 28.3 Å². The van der Waals surface area contributed by atoms with Gasteiger partial charge in [0, 0.05) is 23.9 Å². The van der Waals surface area contributed by atoms with Crippen LogP contribution in [0.25, 0.3) is 11.3 Å². The molecule has 0 radical (unpaired) electrons. The maximum Gasteiger partial charge on any atom is 0.573 e. The van der Waals surface area contributed by atoms with Crippen LogP contribution in [0.3, 0.4) is 0 Å². The molecule has 0 bridgehead atoms. The van der Waals surface area contributed by atoms with E-state index in [0.717, 1.165) is 0 Å². The molecule has 0 amide bonds. The van der Waals surface area contributed by atoms with Crippen molar-refractivity contribution in [3.63, 3.8) is 0 Å². The van der Waals surface area contributed by atoms with Crippen molar-refractivity contribution in [3.8, 4) is 17.0 Å². The molecule has 1 aromatic heterocycles. The maximum absolute atomic E-state index is 12.6. The molecular weight excluding hydrogens is 429 g/mol. The van der Waals surface area contributed by atoms with Crippen LogP contribution < -0.4 is 15.4 Å². The number of hydrogen-bond donors (Lipinski definition) is 3. The van der Waals surface area contributed by atoms with Gasteiger partial charge in [0.2, 0.25) is 5.95 Å². The average molecular weight is 448 g/mol. The smallest absolute Gasteiger partial charge is 0.465 e. The number of hydrogen-bond acceptors (Lipinski definition) is 8. The predicted molar refractivity (Wildman–Crippen MR) is 111 cm³/mol. The van der Waals surface area contributed by atoms with Crippen LogP contribution in [0.1, 0.15) is 10.4 Å². The van der Waals surface area contributed by atoms with E-state index in [1.54, 1.807) is 36.4 Å². The quantitative estimate of drug-likeness (QED) is 0.445. The zero-order chi connectivity index (χ0) is 23.1. The van der Waals surface area contributed by atoms with Crippen molar-refractivity contribution in [2.45, 2.75) is 6.36 Å². The molecule has 32 heavy (non-hydrogen) atoms. The number of benzene rings is 2. The Balaban J connectivity index is 1.91. The molecule has 168 valence electrons. The summed E-state index contributed by atoms with van der Waals surface area (Å²) in [7, 11) is 1.28. The van der Waals surface area contributed by atoms with E-state index in [9.17, 15) is 18.0 Å². The van der Waals surface area contributed by atoms with E-state index in [-0.39, 0.29) is 24.8 Å². The van der Waals surface area contributed by atoms with Gasteiger partial charge in [-0.2, -0.15) is 4.98 Å². The molecule has 2 aromatic carbocycles. The Hall–Kier alpha value is -3.86. The fraction of sp³-hybridized carbons (Fsp3) is 0.190. The first-order valence-electron chi connectivity index (χ1n) is 9.33. The van der Waals surface area contributed by atoms with Gasteiger partial charge in [-0.3, -0.25) is 0 Å². The van der Waals surface area contributed by atoms with Crippen LogP contribution in [0.15, 0.2) is 54.6 Å². The molecule has 0 saturated carbocycles. The van der Waals surface area contributed by atoms with E-state index in [4.69, 9.17) is 5.11 Å². The van der Waals surface area contributed by atoms with E-state index in [1.807, 2.05) is 0 Å². The summed E-state index contributed by atoms with van der Waals surface area (Å²) in [6.07, 6.45) is -4.82. The zero-order valence-electron chi connectivity index (χ0n) is 16.8. The van der Waals surface area contributed by atoms with Crippen LogP contribution in [-0.4, -0.2) is 47.7 Å². The van der Waals surface area contributed by atoms with Crippen LogP contribution in [0.4, 0.5) is 30.6 Å². The molecule has 3 rings (SSSR count). The fourth-order valence-electron chi connectivity index (χ4n) is 2.71. The summed E-state index contributed by atoms with van der Waals surface area (Å²) in [5.41, 5.74) is 1.66. The lowest BCUT2D eigenvalue weighted by Gasteiger charge is -2.13. The third-order valence-electron chi connectivity index (χ3n) is 4.06. The number of carbonyl (C=O) groups excluding carboxylic acids is 1. The molecule has 0 atom stereocenters. The van der Waals surface area contributed by atoms with Crippen LogP contribution in [-0.2, 0) is 4.74 Å². The largest absolute Gasteiger partial charge is 0.573 e. The first kappa shape index (κ1) is 22.8. The molecule has 3 aromatic rings. The summed E-state index contributed by atoms with van der Waals surface area (Å²) in [6, 6.07) is 13.4. The van der Waals surface area contributed by atoms with Crippen molar-refractivity contribution in [1.29, 1.82) is 0 Å². The molecule has 1 heterocycles. The molecule has 0 fully saturated rings. The third kappa shape index (κ3) is 6.32. The van der Waals surface area contributed by atoms with Crippen molar-refractivity contribution in [1.82, 2.24) is 9.97 Å². The van der Waals surface area contributed by atoms with Crippen LogP contribution in [0, 0.1) is 0 Å². The van der Waals surface area contributed by atoms with Gasteiger partial charge in [-0.1, -0.05) is 12.1 Å². The topological polar surface area (TPSA) is 106 Å². The normalized spacial score (nSPS) is 11.0. The summed E-state index contributed by atoms with van der Waals surface area (Å²) >= 11 is 0. The summed E-state index contributed by atoms with van der Waals surface area (Å²) in [5.74, 6) is -0.362. The summed E-state index contributed by atoms with van der Waals surface area (Å²) < 4.78 is 46.3. The first-order valence-corrected chi connectivity index (χ1v) is 9.33. The Kier molecular flexibility index (Phi) is 7.11. The summed E-state index contributed by atoms with van der Waals surface area (Å²) in [5, 5.41) is 14.9. The monoisotopic (exact) mass is 448 g/mol. The highest BCUT2D eigenvalue weighted by molar-refractivity contribution is 5.89. The minimum absolute atomic E-state index is 0.160. The molecule has 8 nitrogen and oxygen atoms in total. The van der Waals surface area contributed by atoms with Crippen LogP contribution >= 0.6 is 0 Å². The lowest BCUT2D eigenvalue weighted by Crippen LogP contribution is -2.17. The van der Waals surface area contributed by atoms with Crippen LogP contribution in [0.2, 0.25) is 0 Å². The third-order valence-corrected chi connectivity index (χ3v) is 4.06. The molecule has 0 spiro atoms. The van der Waals surface area contributed by atoms with Crippen LogP contribution in [0.5, 0.6) is 5.75 Å². The number of esters is 1. The number of aromatic nitrogens is 2. The van der Waals surface area contributed by atoms with Gasteiger partial charge in [0.1, 0.15) is 11.6 Å². The number of ether oxygens (including phenoxy) is 2. The van der Waals surface area contributed by atoms with Crippen molar-refractivity contribution in [3.05, 3.63) is 60.2 Å². The van der Waals surface area contributed by atoms with Gasteiger partial charge in [0.05, 0.1) is 25.0 Å². The fourth-order valence-corrected chi connectivity index (χ4v) is 2.71. The number of anilines is 3. The molecule has 11 heteroatoms. The lowest BCUT2D eigenvalue weighted by molar-refractivity contribution is -0.274. The highest BCUT2D eigenvalue weighted by Crippen LogP contribution is 2.29. The average Bonchev–Trinajstić information content (AvgIpc) is 2.76. The van der Waals surface area contributed by atoms with Gasteiger partial charge >= 0.3 is 12.3 Å². The Bertz CT molecular complexity index is 1080. The molecule has 0 aliphatic heterocycles. The Morgan fingerprint density at radius 1 is 1.09 bits per heavy atom. The second kappa shape index (κ2) is 9.96. The minimum atomic E-state index is -4.82. The number of nitrogens with zero attached hydrogens (tertiary/aromatic N) is 2. The first-order chi connectivity index (χ1) is 15.3. The summed E-state index contributed by atoms with van der Waals surface area (Å²) in [4.78, 5) is 20.2. The second-order valence-electron chi connectivity index (χ2n) is 6.38. The van der Waals surface area contributed by atoms with Gasteiger partial charge in [-0.05, 0) is 36.4 Å². The van der Waals surface area contributed by atoms with Gasteiger partial charge < -0.3 is 25.2 Å².